The molecule has 4 fully saturated rings. The molecule has 6 aliphatic rings. The summed E-state index contributed by atoms with van der Waals surface area (Å²) >= 11 is 0. The summed E-state index contributed by atoms with van der Waals surface area (Å²) in [5.41, 5.74) is 0.390. The van der Waals surface area contributed by atoms with Crippen molar-refractivity contribution in [2.75, 3.05) is 13.1 Å². The monoisotopic (exact) mass is 424 g/mol. The Kier molecular flexibility index (Phi) is 3.46. The Balaban J connectivity index is 1.40. The maximum Gasteiger partial charge on any atom is 0.230 e. The second-order valence-corrected chi connectivity index (χ2v) is 10.6. The van der Waals surface area contributed by atoms with Gasteiger partial charge in [-0.25, -0.2) is 0 Å². The zero-order valence-electron chi connectivity index (χ0n) is 17.5. The fourth-order valence-electron chi connectivity index (χ4n) is 7.68. The van der Waals surface area contributed by atoms with Crippen LogP contribution >= 0.6 is 0 Å². The minimum atomic E-state index is -0.987. The molecule has 1 aromatic carbocycles. The van der Waals surface area contributed by atoms with Crippen molar-refractivity contribution in [1.82, 2.24) is 9.80 Å². The summed E-state index contributed by atoms with van der Waals surface area (Å²) in [6.07, 6.45) is 5.07. The van der Waals surface area contributed by atoms with E-state index < -0.39 is 23.2 Å². The molecule has 2 saturated heterocycles. The lowest BCUT2D eigenvalue weighted by Crippen LogP contribution is -2.78. The molecular formula is C24H28N2O5. The van der Waals surface area contributed by atoms with Gasteiger partial charge in [0.05, 0.1) is 17.1 Å². The Morgan fingerprint density at radius 3 is 2.61 bits per heavy atom. The molecule has 0 unspecified atom stereocenters. The number of hydrogen-bond acceptors (Lipinski definition) is 6. The van der Waals surface area contributed by atoms with Gasteiger partial charge in [0.2, 0.25) is 11.8 Å². The predicted molar refractivity (Wildman–Crippen MR) is 110 cm³/mol. The Bertz CT molecular complexity index is 1010. The average Bonchev–Trinajstić information content (AvgIpc) is 3.40. The molecule has 3 aliphatic heterocycles. The SMILES string of the molecule is O=C1CCC(=O)N1[C@@H]1CC[C@@]2(O)[C@H]3Cc4ccc(O)c5c4[C@@]2(CCN3CC2CC2)[C@@H]1O5. The molecule has 0 radical (unpaired) electrons. The largest absolute Gasteiger partial charge is 0.504 e. The molecule has 7 rings (SSSR count). The van der Waals surface area contributed by atoms with Crippen molar-refractivity contribution in [1.29, 1.82) is 0 Å². The lowest BCUT2D eigenvalue weighted by atomic mass is 9.48. The summed E-state index contributed by atoms with van der Waals surface area (Å²) in [6, 6.07) is 3.28. The first kappa shape index (κ1) is 18.5. The van der Waals surface area contributed by atoms with Crippen molar-refractivity contribution in [3.05, 3.63) is 23.3 Å². The summed E-state index contributed by atoms with van der Waals surface area (Å²) < 4.78 is 6.45. The molecule has 1 spiro atoms. The van der Waals surface area contributed by atoms with Gasteiger partial charge < -0.3 is 14.9 Å². The zero-order valence-corrected chi connectivity index (χ0v) is 17.5. The van der Waals surface area contributed by atoms with Gasteiger partial charge in [-0.2, -0.15) is 0 Å². The van der Waals surface area contributed by atoms with Crippen molar-refractivity contribution in [2.45, 2.75) is 80.6 Å². The molecule has 3 heterocycles. The molecule has 5 atom stereocenters. The summed E-state index contributed by atoms with van der Waals surface area (Å²) in [7, 11) is 0. The van der Waals surface area contributed by atoms with Crippen LogP contribution in [0.15, 0.2) is 12.1 Å². The van der Waals surface area contributed by atoms with Crippen LogP contribution in [0.3, 0.4) is 0 Å². The number of phenolic OH excluding ortho intramolecular Hbond substituents is 1. The fraction of sp³-hybridized carbons (Fsp3) is 0.667. The van der Waals surface area contributed by atoms with Gasteiger partial charge in [0.15, 0.2) is 11.5 Å². The first-order valence-corrected chi connectivity index (χ1v) is 11.8. The molecule has 164 valence electrons. The first-order chi connectivity index (χ1) is 14.9. The molecule has 7 heteroatoms. The van der Waals surface area contributed by atoms with Crippen molar-refractivity contribution in [3.8, 4) is 11.5 Å². The van der Waals surface area contributed by atoms with E-state index in [0.717, 1.165) is 36.6 Å². The topological polar surface area (TPSA) is 90.3 Å². The van der Waals surface area contributed by atoms with E-state index in [-0.39, 0.29) is 36.4 Å². The summed E-state index contributed by atoms with van der Waals surface area (Å²) in [6.45, 7) is 1.90. The van der Waals surface area contributed by atoms with Crippen LogP contribution in [-0.4, -0.2) is 68.7 Å². The third kappa shape index (κ3) is 2.12. The van der Waals surface area contributed by atoms with Gasteiger partial charge in [-0.3, -0.25) is 19.4 Å². The van der Waals surface area contributed by atoms with E-state index in [1.165, 1.54) is 17.7 Å². The fourth-order valence-corrected chi connectivity index (χ4v) is 7.68. The van der Waals surface area contributed by atoms with Crippen LogP contribution in [0.5, 0.6) is 11.5 Å². The third-order valence-corrected chi connectivity index (χ3v) is 9.15. The van der Waals surface area contributed by atoms with Crippen molar-refractivity contribution in [2.24, 2.45) is 5.92 Å². The normalized spacial score (nSPS) is 40.8. The highest BCUT2D eigenvalue weighted by atomic mass is 16.5. The lowest BCUT2D eigenvalue weighted by Gasteiger charge is -2.64. The van der Waals surface area contributed by atoms with E-state index in [2.05, 4.69) is 4.90 Å². The van der Waals surface area contributed by atoms with E-state index in [0.29, 0.717) is 25.0 Å². The van der Waals surface area contributed by atoms with E-state index in [1.807, 2.05) is 6.07 Å². The highest BCUT2D eigenvalue weighted by Gasteiger charge is 2.74. The highest BCUT2D eigenvalue weighted by molar-refractivity contribution is 6.02. The number of nitrogens with zero attached hydrogens (tertiary/aromatic N) is 2. The number of carbonyl (C=O) groups excluding carboxylic acids is 2. The average molecular weight is 424 g/mol. The number of piperidine rings is 1. The zero-order chi connectivity index (χ0) is 21.1. The van der Waals surface area contributed by atoms with E-state index >= 15 is 0 Å². The smallest absolute Gasteiger partial charge is 0.230 e. The van der Waals surface area contributed by atoms with Gasteiger partial charge in [0.25, 0.3) is 0 Å². The van der Waals surface area contributed by atoms with E-state index in [9.17, 15) is 19.8 Å². The number of amides is 2. The second-order valence-electron chi connectivity index (χ2n) is 10.6. The van der Waals surface area contributed by atoms with Gasteiger partial charge in [-0.1, -0.05) is 6.07 Å². The van der Waals surface area contributed by atoms with Gasteiger partial charge >= 0.3 is 0 Å². The molecule has 2 amide bonds. The summed E-state index contributed by atoms with van der Waals surface area (Å²) in [5, 5.41) is 23.1. The van der Waals surface area contributed by atoms with Gasteiger partial charge in [0, 0.05) is 31.0 Å². The number of aromatic hydroxyl groups is 1. The number of hydrogen-bond donors (Lipinski definition) is 2. The maximum atomic E-state index is 12.6. The van der Waals surface area contributed by atoms with Gasteiger partial charge in [0.1, 0.15) is 6.10 Å². The number of rotatable bonds is 3. The number of imide groups is 1. The number of ether oxygens (including phenoxy) is 1. The van der Waals surface area contributed by atoms with Gasteiger partial charge in [-0.15, -0.1) is 0 Å². The van der Waals surface area contributed by atoms with E-state index in [4.69, 9.17) is 4.74 Å². The predicted octanol–water partition coefficient (Wildman–Crippen LogP) is 1.47. The number of benzene rings is 1. The minimum Gasteiger partial charge on any atom is -0.504 e. The highest BCUT2D eigenvalue weighted by Crippen LogP contribution is 2.66. The van der Waals surface area contributed by atoms with Crippen LogP contribution in [0.4, 0.5) is 0 Å². The Hall–Kier alpha value is -2.12. The molecule has 2 bridgehead atoms. The maximum absolute atomic E-state index is 12.6. The van der Waals surface area contributed by atoms with Crippen LogP contribution in [0.25, 0.3) is 0 Å². The third-order valence-electron chi connectivity index (χ3n) is 9.15. The number of aliphatic hydroxyl groups is 1. The van der Waals surface area contributed by atoms with Crippen LogP contribution in [0, 0.1) is 5.92 Å². The quantitative estimate of drug-likeness (QED) is 0.715. The molecular weight excluding hydrogens is 396 g/mol. The molecule has 0 aromatic heterocycles. The summed E-state index contributed by atoms with van der Waals surface area (Å²) in [5.74, 6) is 1.00. The number of carbonyl (C=O) groups is 2. The standard InChI is InChI=1S/C24H28N2O5/c27-16-4-3-14-11-17-24(30)8-7-15(26-18(28)5-6-19(26)29)22-23(24,20(14)21(16)31-22)9-10-25(17)12-13-1-2-13/h3-4,13,15,17,22,27,30H,1-2,5-12H2/t15-,17-,22-,23+,24-/m1/s1. The van der Waals surface area contributed by atoms with E-state index in [1.54, 1.807) is 6.07 Å². The number of likely N-dealkylation sites (tertiary alicyclic amines) is 2. The van der Waals surface area contributed by atoms with Crippen LogP contribution in [0.1, 0.15) is 56.1 Å². The van der Waals surface area contributed by atoms with Crippen molar-refractivity contribution in [3.63, 3.8) is 0 Å². The summed E-state index contributed by atoms with van der Waals surface area (Å²) in [4.78, 5) is 29.2. The Morgan fingerprint density at radius 1 is 1.10 bits per heavy atom. The molecule has 2 N–H and O–H groups in total. The van der Waals surface area contributed by atoms with Gasteiger partial charge in [-0.05, 0) is 62.6 Å². The van der Waals surface area contributed by atoms with Crippen molar-refractivity contribution < 1.29 is 24.5 Å². The van der Waals surface area contributed by atoms with Crippen molar-refractivity contribution >= 4 is 11.8 Å². The second kappa shape index (κ2) is 5.81. The molecule has 3 aliphatic carbocycles. The lowest BCUT2D eigenvalue weighted by molar-refractivity contribution is -0.201. The number of phenols is 1. The van der Waals surface area contributed by atoms with Crippen LogP contribution in [0.2, 0.25) is 0 Å². The molecule has 2 saturated carbocycles. The van der Waals surface area contributed by atoms with Crippen LogP contribution in [-0.2, 0) is 21.4 Å². The minimum absolute atomic E-state index is 0.00174. The molecule has 1 aromatic rings. The Morgan fingerprint density at radius 2 is 1.87 bits per heavy atom. The molecule has 31 heavy (non-hydrogen) atoms. The van der Waals surface area contributed by atoms with Crippen LogP contribution < -0.4 is 4.74 Å². The Labute approximate surface area is 181 Å². The molecule has 7 nitrogen and oxygen atoms in total. The first-order valence-electron chi connectivity index (χ1n) is 11.8.